The minimum atomic E-state index is -4.35. The van der Waals surface area contributed by atoms with Crippen LogP contribution in [-0.4, -0.2) is 18.7 Å². The van der Waals surface area contributed by atoms with Gasteiger partial charge >= 0.3 is 12.1 Å². The predicted molar refractivity (Wildman–Crippen MR) is 57.0 cm³/mol. The van der Waals surface area contributed by atoms with Crippen LogP contribution in [0.4, 0.5) is 13.2 Å². The van der Waals surface area contributed by atoms with Crippen LogP contribution in [0.15, 0.2) is 24.3 Å². The fourth-order valence-corrected chi connectivity index (χ4v) is 1.65. The number of benzene rings is 1. The molecule has 3 nitrogen and oxygen atoms in total. The van der Waals surface area contributed by atoms with E-state index in [2.05, 4.69) is 0 Å². The van der Waals surface area contributed by atoms with E-state index in [1.165, 1.54) is 19.2 Å². The Balaban J connectivity index is 2.13. The highest BCUT2D eigenvalue weighted by Gasteiger charge is 2.69. The standard InChI is InChI=1S/C12H13F3O3/c1-10(2)12(16-3,18-10)17-9-6-4-8(5-7-9)11(13,14)15/h4-7H,1-3H3. The van der Waals surface area contributed by atoms with E-state index < -0.39 is 23.3 Å². The highest BCUT2D eigenvalue weighted by molar-refractivity contribution is 5.29. The summed E-state index contributed by atoms with van der Waals surface area (Å²) in [6.45, 7) is 3.53. The molecule has 1 aromatic carbocycles. The zero-order valence-corrected chi connectivity index (χ0v) is 10.2. The lowest BCUT2D eigenvalue weighted by Gasteiger charge is -2.15. The molecule has 0 radical (unpaired) electrons. The van der Waals surface area contributed by atoms with Gasteiger partial charge in [-0.05, 0) is 38.1 Å². The van der Waals surface area contributed by atoms with E-state index >= 15 is 0 Å². The molecule has 0 saturated carbocycles. The van der Waals surface area contributed by atoms with Crippen LogP contribution in [0.2, 0.25) is 0 Å². The largest absolute Gasteiger partial charge is 0.437 e. The van der Waals surface area contributed by atoms with Crippen molar-refractivity contribution in [3.8, 4) is 5.75 Å². The van der Waals surface area contributed by atoms with Crippen molar-refractivity contribution in [3.63, 3.8) is 0 Å². The number of hydrogen-bond donors (Lipinski definition) is 0. The average molecular weight is 262 g/mol. The van der Waals surface area contributed by atoms with Gasteiger partial charge in [-0.25, -0.2) is 0 Å². The molecule has 1 heterocycles. The number of halogens is 3. The molecule has 0 amide bonds. The molecule has 1 saturated heterocycles. The summed E-state index contributed by atoms with van der Waals surface area (Å²) in [6.07, 6.45) is -4.35. The van der Waals surface area contributed by atoms with E-state index in [4.69, 9.17) is 14.2 Å². The molecule has 1 aliphatic heterocycles. The van der Waals surface area contributed by atoms with Gasteiger partial charge in [0.1, 0.15) is 5.75 Å². The molecule has 1 unspecified atom stereocenters. The molecule has 0 aromatic heterocycles. The van der Waals surface area contributed by atoms with Gasteiger partial charge in [0.05, 0.1) is 5.56 Å². The van der Waals surface area contributed by atoms with E-state index in [1.54, 1.807) is 13.8 Å². The molecule has 6 heteroatoms. The number of methoxy groups -OCH3 is 1. The van der Waals surface area contributed by atoms with Gasteiger partial charge in [-0.15, -0.1) is 0 Å². The van der Waals surface area contributed by atoms with Crippen LogP contribution in [0, 0.1) is 0 Å². The van der Waals surface area contributed by atoms with Crippen LogP contribution >= 0.6 is 0 Å². The molecule has 100 valence electrons. The van der Waals surface area contributed by atoms with E-state index in [-0.39, 0.29) is 5.75 Å². The second-order valence-corrected chi connectivity index (χ2v) is 4.50. The van der Waals surface area contributed by atoms with Crippen molar-refractivity contribution in [1.29, 1.82) is 0 Å². The van der Waals surface area contributed by atoms with Gasteiger partial charge in [-0.2, -0.15) is 13.2 Å². The van der Waals surface area contributed by atoms with Crippen LogP contribution < -0.4 is 4.74 Å². The van der Waals surface area contributed by atoms with Gasteiger partial charge in [0.25, 0.3) is 0 Å². The van der Waals surface area contributed by atoms with Gasteiger partial charge in [-0.3, -0.25) is 4.74 Å². The van der Waals surface area contributed by atoms with Crippen molar-refractivity contribution in [2.45, 2.75) is 31.6 Å². The van der Waals surface area contributed by atoms with Crippen LogP contribution in [0.3, 0.4) is 0 Å². The van der Waals surface area contributed by atoms with Gasteiger partial charge in [-0.1, -0.05) is 0 Å². The minimum absolute atomic E-state index is 0.260. The number of ether oxygens (including phenoxy) is 3. The fraction of sp³-hybridized carbons (Fsp3) is 0.500. The maximum Gasteiger partial charge on any atom is 0.416 e. The van der Waals surface area contributed by atoms with E-state index in [0.29, 0.717) is 0 Å². The molecule has 1 fully saturated rings. The molecule has 1 aliphatic rings. The summed E-state index contributed by atoms with van der Waals surface area (Å²) >= 11 is 0. The molecule has 18 heavy (non-hydrogen) atoms. The molecular weight excluding hydrogens is 249 g/mol. The molecule has 1 aromatic rings. The van der Waals surface area contributed by atoms with Crippen molar-refractivity contribution in [2.75, 3.05) is 7.11 Å². The van der Waals surface area contributed by atoms with Gasteiger partial charge < -0.3 is 9.47 Å². The quantitative estimate of drug-likeness (QED) is 0.619. The summed E-state index contributed by atoms with van der Waals surface area (Å²) < 4.78 is 52.9. The minimum Gasteiger partial charge on any atom is -0.437 e. The Morgan fingerprint density at radius 3 is 1.94 bits per heavy atom. The van der Waals surface area contributed by atoms with Crippen molar-refractivity contribution in [2.24, 2.45) is 0 Å². The summed E-state index contributed by atoms with van der Waals surface area (Å²) in [5.41, 5.74) is -1.35. The second kappa shape index (κ2) is 3.86. The Bertz CT molecular complexity index is 439. The molecule has 0 spiro atoms. The zero-order chi connectivity index (χ0) is 13.6. The first-order valence-corrected chi connectivity index (χ1v) is 5.32. The highest BCUT2D eigenvalue weighted by atomic mass is 19.4. The first-order chi connectivity index (χ1) is 8.20. The normalized spacial score (nSPS) is 25.9. The zero-order valence-electron chi connectivity index (χ0n) is 10.2. The Morgan fingerprint density at radius 1 is 1.11 bits per heavy atom. The third kappa shape index (κ3) is 2.18. The lowest BCUT2D eigenvalue weighted by atomic mass is 10.2. The maximum atomic E-state index is 12.4. The topological polar surface area (TPSA) is 31.0 Å². The van der Waals surface area contributed by atoms with Gasteiger partial charge in [0, 0.05) is 7.11 Å². The van der Waals surface area contributed by atoms with Crippen molar-refractivity contribution >= 4 is 0 Å². The number of alkyl halides is 3. The molecule has 1 atom stereocenters. The Labute approximate surface area is 102 Å². The van der Waals surface area contributed by atoms with E-state index in [9.17, 15) is 13.2 Å². The van der Waals surface area contributed by atoms with Crippen LogP contribution in [0.25, 0.3) is 0 Å². The third-order valence-corrected chi connectivity index (χ3v) is 2.79. The predicted octanol–water partition coefficient (Wildman–Crippen LogP) is 3.19. The Morgan fingerprint density at radius 2 is 1.61 bits per heavy atom. The lowest BCUT2D eigenvalue weighted by Crippen LogP contribution is -2.30. The summed E-state index contributed by atoms with van der Waals surface area (Å²) in [5.74, 6) is -0.956. The second-order valence-electron chi connectivity index (χ2n) is 4.50. The average Bonchev–Trinajstić information content (AvgIpc) is 2.80. The van der Waals surface area contributed by atoms with Crippen LogP contribution in [-0.2, 0) is 15.7 Å². The number of hydrogen-bond acceptors (Lipinski definition) is 3. The van der Waals surface area contributed by atoms with E-state index in [1.807, 2.05) is 0 Å². The summed E-state index contributed by atoms with van der Waals surface area (Å²) in [4.78, 5) is 0. The number of epoxide rings is 1. The SMILES string of the molecule is COC1(Oc2ccc(C(F)(F)F)cc2)OC1(C)C. The Hall–Kier alpha value is -1.27. The summed E-state index contributed by atoms with van der Waals surface area (Å²) in [7, 11) is 1.42. The molecule has 0 bridgehead atoms. The van der Waals surface area contributed by atoms with Gasteiger partial charge in [0.15, 0.2) is 5.60 Å². The summed E-state index contributed by atoms with van der Waals surface area (Å²) in [6, 6.07) is 4.38. The first-order valence-electron chi connectivity index (χ1n) is 5.32. The Kier molecular flexibility index (Phi) is 2.82. The molecule has 0 aliphatic carbocycles. The van der Waals surface area contributed by atoms with Crippen molar-refractivity contribution in [3.05, 3.63) is 29.8 Å². The highest BCUT2D eigenvalue weighted by Crippen LogP contribution is 2.49. The van der Waals surface area contributed by atoms with Crippen molar-refractivity contribution in [1.82, 2.24) is 0 Å². The monoisotopic (exact) mass is 262 g/mol. The van der Waals surface area contributed by atoms with E-state index in [0.717, 1.165) is 12.1 Å². The van der Waals surface area contributed by atoms with Crippen LogP contribution in [0.1, 0.15) is 19.4 Å². The first kappa shape index (κ1) is 13.2. The van der Waals surface area contributed by atoms with Crippen LogP contribution in [0.5, 0.6) is 5.75 Å². The summed E-state index contributed by atoms with van der Waals surface area (Å²) in [5, 5.41) is 0. The maximum absolute atomic E-state index is 12.4. The smallest absolute Gasteiger partial charge is 0.416 e. The third-order valence-electron chi connectivity index (χ3n) is 2.79. The van der Waals surface area contributed by atoms with Crippen molar-refractivity contribution < 1.29 is 27.4 Å². The number of rotatable bonds is 3. The van der Waals surface area contributed by atoms with Gasteiger partial charge in [0.2, 0.25) is 0 Å². The fourth-order valence-electron chi connectivity index (χ4n) is 1.65. The molecule has 2 rings (SSSR count). The molecular formula is C12H13F3O3. The molecule has 0 N–H and O–H groups in total. The lowest BCUT2D eigenvalue weighted by molar-refractivity contribution is -0.156.